The molecule has 1 aromatic heterocycles. The highest BCUT2D eigenvalue weighted by Crippen LogP contribution is 2.29. The minimum Gasteiger partial charge on any atom is -0.491 e. The molecule has 0 spiro atoms. The second-order valence-electron chi connectivity index (χ2n) is 6.94. The van der Waals surface area contributed by atoms with Crippen LogP contribution in [0, 0.1) is 0 Å². The van der Waals surface area contributed by atoms with Gasteiger partial charge in [-0.05, 0) is 50.2 Å². The third kappa shape index (κ3) is 6.43. The fourth-order valence-corrected chi connectivity index (χ4v) is 4.15. The molecule has 0 aliphatic carbocycles. The van der Waals surface area contributed by atoms with Crippen LogP contribution in [0.2, 0.25) is 0 Å². The van der Waals surface area contributed by atoms with Gasteiger partial charge in [0.1, 0.15) is 17.2 Å². The number of amides is 1. The molecule has 0 saturated heterocycles. The normalized spacial score (nSPS) is 11.4. The first-order chi connectivity index (χ1) is 14.6. The van der Waals surface area contributed by atoms with Crippen LogP contribution in [0.25, 0.3) is 0 Å². The van der Waals surface area contributed by atoms with E-state index in [2.05, 4.69) is 10.3 Å². The molecule has 31 heavy (non-hydrogen) atoms. The summed E-state index contributed by atoms with van der Waals surface area (Å²) in [6.45, 7) is 3.75. The maximum absolute atomic E-state index is 12.8. The average molecular weight is 481 g/mol. The molecular formula is C21H21ClN2O5S2. The monoisotopic (exact) mass is 480 g/mol. The number of hydrogen-bond acceptors (Lipinski definition) is 7. The van der Waals surface area contributed by atoms with Gasteiger partial charge in [-0.1, -0.05) is 0 Å². The van der Waals surface area contributed by atoms with Crippen molar-refractivity contribution in [2.45, 2.75) is 30.7 Å². The van der Waals surface area contributed by atoms with Crippen LogP contribution in [-0.4, -0.2) is 31.7 Å². The lowest BCUT2D eigenvalue weighted by Gasteiger charge is -2.14. The molecule has 1 amide bonds. The van der Waals surface area contributed by atoms with E-state index in [0.29, 0.717) is 33.6 Å². The molecule has 0 aliphatic rings. The Morgan fingerprint density at radius 3 is 2.39 bits per heavy atom. The van der Waals surface area contributed by atoms with Gasteiger partial charge in [-0.2, -0.15) is 0 Å². The van der Waals surface area contributed by atoms with Crippen LogP contribution in [0.3, 0.4) is 0 Å². The maximum atomic E-state index is 12.8. The number of rotatable bonds is 8. The first-order valence-corrected chi connectivity index (χ1v) is 12.6. The van der Waals surface area contributed by atoms with E-state index in [0.717, 1.165) is 6.26 Å². The second kappa shape index (κ2) is 9.67. The van der Waals surface area contributed by atoms with E-state index in [1.165, 1.54) is 23.5 Å². The number of nitrogens with zero attached hydrogens (tertiary/aromatic N) is 1. The zero-order chi connectivity index (χ0) is 22.6. The molecule has 0 atom stereocenters. The number of aromatic nitrogens is 1. The molecule has 0 aliphatic heterocycles. The van der Waals surface area contributed by atoms with Gasteiger partial charge in [0.15, 0.2) is 15.0 Å². The van der Waals surface area contributed by atoms with Crippen molar-refractivity contribution >= 4 is 43.8 Å². The fraction of sp³-hybridized carbons (Fsp3) is 0.238. The minimum atomic E-state index is -3.30. The summed E-state index contributed by atoms with van der Waals surface area (Å²) in [4.78, 5) is 17.2. The van der Waals surface area contributed by atoms with Crippen LogP contribution in [0.1, 0.15) is 29.9 Å². The van der Waals surface area contributed by atoms with Gasteiger partial charge in [0.05, 0.1) is 22.6 Å². The second-order valence-corrected chi connectivity index (χ2v) is 10.1. The highest BCUT2D eigenvalue weighted by atomic mass is 35.5. The quantitative estimate of drug-likeness (QED) is 0.450. The van der Waals surface area contributed by atoms with Gasteiger partial charge in [-0.15, -0.1) is 22.9 Å². The summed E-state index contributed by atoms with van der Waals surface area (Å²) >= 11 is 7.04. The van der Waals surface area contributed by atoms with Gasteiger partial charge in [0.2, 0.25) is 0 Å². The van der Waals surface area contributed by atoms with Gasteiger partial charge in [-0.25, -0.2) is 13.4 Å². The number of anilines is 1. The van der Waals surface area contributed by atoms with E-state index >= 15 is 0 Å². The van der Waals surface area contributed by atoms with E-state index in [1.54, 1.807) is 35.7 Å². The van der Waals surface area contributed by atoms with Gasteiger partial charge in [0, 0.05) is 23.3 Å². The number of sulfone groups is 1. The summed E-state index contributed by atoms with van der Waals surface area (Å²) in [6.07, 6.45) is 1.03. The van der Waals surface area contributed by atoms with Crippen molar-refractivity contribution in [2.75, 3.05) is 11.6 Å². The Bertz CT molecular complexity index is 1170. The van der Waals surface area contributed by atoms with Crippen LogP contribution < -0.4 is 14.8 Å². The number of hydrogen-bond donors (Lipinski definition) is 1. The van der Waals surface area contributed by atoms with Crippen molar-refractivity contribution in [3.05, 3.63) is 59.1 Å². The molecule has 0 radical (unpaired) electrons. The van der Waals surface area contributed by atoms with Crippen LogP contribution >= 0.6 is 22.9 Å². The van der Waals surface area contributed by atoms with Crippen LogP contribution in [0.4, 0.5) is 5.13 Å². The number of halogens is 1. The van der Waals surface area contributed by atoms with Gasteiger partial charge < -0.3 is 9.47 Å². The topological polar surface area (TPSA) is 94.6 Å². The number of benzene rings is 2. The molecule has 0 unspecified atom stereocenters. The molecule has 0 bridgehead atoms. The first kappa shape index (κ1) is 23.1. The number of nitrogens with one attached hydrogen (secondary N) is 1. The first-order valence-electron chi connectivity index (χ1n) is 9.25. The molecule has 2 aromatic carbocycles. The van der Waals surface area contributed by atoms with E-state index in [1.807, 2.05) is 13.8 Å². The van der Waals surface area contributed by atoms with Crippen LogP contribution in [0.5, 0.6) is 17.2 Å². The zero-order valence-electron chi connectivity index (χ0n) is 17.1. The highest BCUT2D eigenvalue weighted by molar-refractivity contribution is 7.90. The molecule has 164 valence electrons. The minimum absolute atomic E-state index is 0.106. The van der Waals surface area contributed by atoms with E-state index in [4.69, 9.17) is 21.1 Å². The molecule has 7 nitrogen and oxygen atoms in total. The van der Waals surface area contributed by atoms with Gasteiger partial charge in [0.25, 0.3) is 5.91 Å². The Kier molecular flexibility index (Phi) is 7.19. The number of carbonyl (C=O) groups is 1. The van der Waals surface area contributed by atoms with Crippen LogP contribution in [0.15, 0.2) is 52.7 Å². The Labute approximate surface area is 189 Å². The number of ether oxygens (including phenoxy) is 2. The largest absolute Gasteiger partial charge is 0.491 e. The molecule has 3 aromatic rings. The number of carbonyl (C=O) groups excluding carboxylic acids is 1. The molecule has 3 rings (SSSR count). The van der Waals surface area contributed by atoms with E-state index in [9.17, 15) is 13.2 Å². The van der Waals surface area contributed by atoms with E-state index in [-0.39, 0.29) is 22.8 Å². The van der Waals surface area contributed by atoms with Crippen molar-refractivity contribution in [3.8, 4) is 17.2 Å². The Morgan fingerprint density at radius 1 is 1.13 bits per heavy atom. The predicted molar refractivity (Wildman–Crippen MR) is 121 cm³/mol. The smallest absolute Gasteiger partial charge is 0.257 e. The van der Waals surface area contributed by atoms with Gasteiger partial charge >= 0.3 is 0 Å². The number of thiazole rings is 1. The summed E-state index contributed by atoms with van der Waals surface area (Å²) in [6, 6.07) is 10.9. The lowest BCUT2D eigenvalue weighted by atomic mass is 10.2. The molecule has 1 heterocycles. The Balaban J connectivity index is 1.86. The zero-order valence-corrected chi connectivity index (χ0v) is 19.5. The summed E-state index contributed by atoms with van der Waals surface area (Å²) in [5, 5.41) is 4.95. The molecular weight excluding hydrogens is 460 g/mol. The van der Waals surface area contributed by atoms with Crippen molar-refractivity contribution < 1.29 is 22.7 Å². The average Bonchev–Trinajstić information content (AvgIpc) is 3.14. The summed E-state index contributed by atoms with van der Waals surface area (Å²) in [5.41, 5.74) is 1.00. The molecule has 0 saturated carbocycles. The third-order valence-corrected chi connectivity index (χ3v) is 6.12. The lowest BCUT2D eigenvalue weighted by molar-refractivity contribution is 0.102. The summed E-state index contributed by atoms with van der Waals surface area (Å²) in [7, 11) is -3.30. The van der Waals surface area contributed by atoms with E-state index < -0.39 is 9.84 Å². The Morgan fingerprint density at radius 2 is 1.81 bits per heavy atom. The maximum Gasteiger partial charge on any atom is 0.257 e. The van der Waals surface area contributed by atoms with Crippen molar-refractivity contribution in [1.29, 1.82) is 0 Å². The summed E-state index contributed by atoms with van der Waals surface area (Å²) < 4.78 is 34.8. The molecule has 0 fully saturated rings. The van der Waals surface area contributed by atoms with Crippen molar-refractivity contribution in [1.82, 2.24) is 4.98 Å². The predicted octanol–water partition coefficient (Wildman–Crippen LogP) is 5.12. The van der Waals surface area contributed by atoms with Crippen molar-refractivity contribution in [3.63, 3.8) is 0 Å². The fourth-order valence-electron chi connectivity index (χ4n) is 2.59. The van der Waals surface area contributed by atoms with Crippen molar-refractivity contribution in [2.24, 2.45) is 0 Å². The Hall–Kier alpha value is -2.62. The third-order valence-electron chi connectivity index (χ3n) is 3.91. The lowest BCUT2D eigenvalue weighted by Crippen LogP contribution is -2.13. The number of alkyl halides is 1. The van der Waals surface area contributed by atoms with Crippen LogP contribution in [-0.2, 0) is 15.7 Å². The molecule has 1 N–H and O–H groups in total. The summed E-state index contributed by atoms with van der Waals surface area (Å²) in [5.74, 6) is 1.15. The van der Waals surface area contributed by atoms with Gasteiger partial charge in [-0.3, -0.25) is 10.1 Å². The standard InChI is InChI=1S/C21H21ClN2O5S2/c1-13(2)28-17-8-14(20(25)24-21-23-15(11-22)12-30-21)9-18(10-17)29-16-4-6-19(7-5-16)31(3,26)27/h4-10,12-13H,11H2,1-3H3,(H,23,24,25). The SMILES string of the molecule is CC(C)Oc1cc(Oc2ccc(S(C)(=O)=O)cc2)cc(C(=O)Nc2nc(CCl)cs2)c1. The highest BCUT2D eigenvalue weighted by Gasteiger charge is 2.14. The molecule has 10 heteroatoms.